The minimum Gasteiger partial charge on any atom is -0.369 e. The molecule has 5 heteroatoms. The van der Waals surface area contributed by atoms with E-state index in [1.165, 1.54) is 12.1 Å². The average molecular weight is 366 g/mol. The Balaban J connectivity index is 1.56. The number of anilines is 1. The van der Waals surface area contributed by atoms with Crippen LogP contribution < -0.4 is 16.0 Å². The first-order valence-electron chi connectivity index (χ1n) is 8.17. The Morgan fingerprint density at radius 2 is 1.91 bits per heavy atom. The first kappa shape index (κ1) is 15.8. The molecule has 1 atom stereocenters. The molecule has 1 saturated carbocycles. The van der Waals surface area contributed by atoms with E-state index in [0.29, 0.717) is 0 Å². The van der Waals surface area contributed by atoms with Crippen molar-refractivity contribution in [2.24, 2.45) is 5.73 Å². The van der Waals surface area contributed by atoms with Crippen molar-refractivity contribution in [2.75, 3.05) is 18.0 Å². The zero-order valence-corrected chi connectivity index (χ0v) is 14.4. The van der Waals surface area contributed by atoms with Gasteiger partial charge in [0.15, 0.2) is 0 Å². The maximum atomic E-state index is 12.5. The van der Waals surface area contributed by atoms with E-state index < -0.39 is 5.54 Å². The quantitative estimate of drug-likeness (QED) is 0.865. The van der Waals surface area contributed by atoms with Gasteiger partial charge in [0, 0.05) is 29.3 Å². The number of carbonyl (C=O) groups excluding carboxylic acids is 1. The number of halogens is 1. The Kier molecular flexibility index (Phi) is 4.73. The molecule has 1 heterocycles. The molecule has 1 aromatic carbocycles. The van der Waals surface area contributed by atoms with Gasteiger partial charge in [-0.05, 0) is 43.5 Å². The predicted molar refractivity (Wildman–Crippen MR) is 92.9 cm³/mol. The number of carbonyl (C=O) groups is 1. The van der Waals surface area contributed by atoms with Crippen LogP contribution in [0.5, 0.6) is 0 Å². The van der Waals surface area contributed by atoms with E-state index in [1.54, 1.807) is 0 Å². The van der Waals surface area contributed by atoms with Crippen molar-refractivity contribution in [2.45, 2.75) is 50.1 Å². The van der Waals surface area contributed by atoms with Gasteiger partial charge in [0.1, 0.15) is 0 Å². The second-order valence-corrected chi connectivity index (χ2v) is 7.51. The van der Waals surface area contributed by atoms with Crippen molar-refractivity contribution in [1.82, 2.24) is 5.32 Å². The normalized spacial score (nSPS) is 24.3. The second-order valence-electron chi connectivity index (χ2n) is 6.60. The van der Waals surface area contributed by atoms with Crippen LogP contribution in [0.3, 0.4) is 0 Å². The Hall–Kier alpha value is -1.07. The Labute approximate surface area is 140 Å². The van der Waals surface area contributed by atoms with Crippen LogP contribution in [0.15, 0.2) is 28.7 Å². The van der Waals surface area contributed by atoms with E-state index in [2.05, 4.69) is 50.4 Å². The third-order valence-corrected chi connectivity index (χ3v) is 5.44. The van der Waals surface area contributed by atoms with Gasteiger partial charge >= 0.3 is 0 Å². The van der Waals surface area contributed by atoms with Crippen LogP contribution in [-0.4, -0.2) is 30.6 Å². The molecule has 0 aromatic heterocycles. The minimum absolute atomic E-state index is 0.0508. The lowest BCUT2D eigenvalue weighted by atomic mass is 9.82. The van der Waals surface area contributed by atoms with E-state index >= 15 is 0 Å². The summed E-state index contributed by atoms with van der Waals surface area (Å²) < 4.78 is 1.09. The summed E-state index contributed by atoms with van der Waals surface area (Å²) in [6, 6.07) is 8.54. The third kappa shape index (κ3) is 3.46. The standard InChI is InChI=1S/C17H24BrN3O/c18-13-4-6-15(7-5-13)21-11-8-14(12-21)20-16(22)17(19)9-2-1-3-10-17/h4-7,14H,1-3,8-12,19H2,(H,20,22). The molecule has 3 rings (SSSR count). The maximum absolute atomic E-state index is 12.5. The topological polar surface area (TPSA) is 58.4 Å². The van der Waals surface area contributed by atoms with Crippen LogP contribution in [0.1, 0.15) is 38.5 Å². The zero-order valence-electron chi connectivity index (χ0n) is 12.9. The lowest BCUT2D eigenvalue weighted by molar-refractivity contribution is -0.128. The fraction of sp³-hybridized carbons (Fsp3) is 0.588. The molecule has 0 spiro atoms. The highest BCUT2D eigenvalue weighted by atomic mass is 79.9. The summed E-state index contributed by atoms with van der Waals surface area (Å²) >= 11 is 3.46. The highest BCUT2D eigenvalue weighted by Crippen LogP contribution is 2.27. The molecule has 0 bridgehead atoms. The van der Waals surface area contributed by atoms with E-state index in [9.17, 15) is 4.79 Å². The van der Waals surface area contributed by atoms with Crippen molar-refractivity contribution in [1.29, 1.82) is 0 Å². The van der Waals surface area contributed by atoms with Crippen LogP contribution >= 0.6 is 15.9 Å². The number of amides is 1. The summed E-state index contributed by atoms with van der Waals surface area (Å²) in [7, 11) is 0. The van der Waals surface area contributed by atoms with Gasteiger partial charge in [-0.2, -0.15) is 0 Å². The number of benzene rings is 1. The maximum Gasteiger partial charge on any atom is 0.240 e. The molecule has 1 aliphatic carbocycles. The van der Waals surface area contributed by atoms with E-state index in [4.69, 9.17) is 5.73 Å². The highest BCUT2D eigenvalue weighted by molar-refractivity contribution is 9.10. The van der Waals surface area contributed by atoms with Crippen molar-refractivity contribution < 1.29 is 4.79 Å². The molecule has 0 radical (unpaired) electrons. The van der Waals surface area contributed by atoms with Gasteiger partial charge in [0.2, 0.25) is 5.91 Å². The van der Waals surface area contributed by atoms with Crippen molar-refractivity contribution in [3.8, 4) is 0 Å². The average Bonchev–Trinajstić information content (AvgIpc) is 2.97. The molecule has 22 heavy (non-hydrogen) atoms. The summed E-state index contributed by atoms with van der Waals surface area (Å²) in [6.45, 7) is 1.84. The zero-order chi connectivity index (χ0) is 15.6. The minimum atomic E-state index is -0.636. The molecule has 1 unspecified atom stereocenters. The monoisotopic (exact) mass is 365 g/mol. The summed E-state index contributed by atoms with van der Waals surface area (Å²) in [5.41, 5.74) is 6.89. The first-order valence-corrected chi connectivity index (χ1v) is 8.96. The van der Waals surface area contributed by atoms with Gasteiger partial charge in [0.25, 0.3) is 0 Å². The molecule has 1 aromatic rings. The van der Waals surface area contributed by atoms with E-state index in [0.717, 1.165) is 49.7 Å². The molecule has 2 fully saturated rings. The fourth-order valence-electron chi connectivity index (χ4n) is 3.50. The van der Waals surface area contributed by atoms with Crippen molar-refractivity contribution in [3.05, 3.63) is 28.7 Å². The van der Waals surface area contributed by atoms with Crippen LogP contribution in [0, 0.1) is 0 Å². The Morgan fingerprint density at radius 1 is 1.23 bits per heavy atom. The molecule has 1 saturated heterocycles. The van der Waals surface area contributed by atoms with Gasteiger partial charge in [-0.1, -0.05) is 35.2 Å². The molecule has 1 amide bonds. The van der Waals surface area contributed by atoms with Crippen molar-refractivity contribution in [3.63, 3.8) is 0 Å². The summed E-state index contributed by atoms with van der Waals surface area (Å²) in [4.78, 5) is 14.8. The van der Waals surface area contributed by atoms with Crippen LogP contribution in [0.25, 0.3) is 0 Å². The second kappa shape index (κ2) is 6.59. The van der Waals surface area contributed by atoms with E-state index in [1.807, 2.05) is 0 Å². The number of hydrogen-bond donors (Lipinski definition) is 2. The van der Waals surface area contributed by atoms with Gasteiger partial charge in [-0.3, -0.25) is 4.79 Å². The summed E-state index contributed by atoms with van der Waals surface area (Å²) in [6.07, 6.45) is 5.97. The number of nitrogens with zero attached hydrogens (tertiary/aromatic N) is 1. The van der Waals surface area contributed by atoms with E-state index in [-0.39, 0.29) is 11.9 Å². The summed E-state index contributed by atoms with van der Waals surface area (Å²) in [5.74, 6) is 0.0508. The smallest absolute Gasteiger partial charge is 0.240 e. The summed E-state index contributed by atoms with van der Waals surface area (Å²) in [5, 5.41) is 3.19. The number of nitrogens with two attached hydrogens (primary N) is 1. The lowest BCUT2D eigenvalue weighted by Gasteiger charge is -2.33. The van der Waals surface area contributed by atoms with Crippen molar-refractivity contribution >= 4 is 27.5 Å². The SMILES string of the molecule is NC1(C(=O)NC2CCN(c3ccc(Br)cc3)C2)CCCCC1. The highest BCUT2D eigenvalue weighted by Gasteiger charge is 2.37. The van der Waals surface area contributed by atoms with Crippen LogP contribution in [-0.2, 0) is 4.79 Å². The molecular weight excluding hydrogens is 342 g/mol. The fourth-order valence-corrected chi connectivity index (χ4v) is 3.77. The molecular formula is C17H24BrN3O. The van der Waals surface area contributed by atoms with Gasteiger partial charge in [0.05, 0.1) is 5.54 Å². The van der Waals surface area contributed by atoms with Gasteiger partial charge in [-0.25, -0.2) is 0 Å². The van der Waals surface area contributed by atoms with Gasteiger partial charge in [-0.15, -0.1) is 0 Å². The molecule has 120 valence electrons. The molecule has 3 N–H and O–H groups in total. The third-order valence-electron chi connectivity index (χ3n) is 4.91. The van der Waals surface area contributed by atoms with Gasteiger partial charge < -0.3 is 16.0 Å². The lowest BCUT2D eigenvalue weighted by Crippen LogP contribution is -2.57. The number of hydrogen-bond acceptors (Lipinski definition) is 3. The molecule has 1 aliphatic heterocycles. The number of rotatable bonds is 3. The predicted octanol–water partition coefficient (Wildman–Crippen LogP) is 2.81. The number of nitrogens with one attached hydrogen (secondary N) is 1. The Bertz CT molecular complexity index is 525. The van der Waals surface area contributed by atoms with Crippen LogP contribution in [0.2, 0.25) is 0 Å². The first-order chi connectivity index (χ1) is 10.6. The Morgan fingerprint density at radius 3 is 2.59 bits per heavy atom. The molecule has 2 aliphatic rings. The largest absolute Gasteiger partial charge is 0.369 e. The molecule has 4 nitrogen and oxygen atoms in total. The van der Waals surface area contributed by atoms with Crippen LogP contribution in [0.4, 0.5) is 5.69 Å².